The molecule has 3 aromatic carbocycles. The highest BCUT2D eigenvalue weighted by molar-refractivity contribution is 5.99. The van der Waals surface area contributed by atoms with Gasteiger partial charge >= 0.3 is 0 Å². The van der Waals surface area contributed by atoms with Crippen LogP contribution in [-0.4, -0.2) is 30.4 Å². The first-order valence-electron chi connectivity index (χ1n) is 11.9. The van der Waals surface area contributed by atoms with Gasteiger partial charge in [-0.05, 0) is 66.1 Å². The molecule has 3 heteroatoms. The van der Waals surface area contributed by atoms with Crippen molar-refractivity contribution in [1.29, 1.82) is 0 Å². The zero-order valence-corrected chi connectivity index (χ0v) is 18.8. The van der Waals surface area contributed by atoms with Crippen molar-refractivity contribution in [3.05, 3.63) is 101 Å². The van der Waals surface area contributed by atoms with Gasteiger partial charge in [0.05, 0.1) is 6.42 Å². The summed E-state index contributed by atoms with van der Waals surface area (Å²) in [5.74, 6) is 1.74. The van der Waals surface area contributed by atoms with Crippen LogP contribution in [-0.2, 0) is 11.2 Å². The van der Waals surface area contributed by atoms with E-state index in [0.717, 1.165) is 37.3 Å². The van der Waals surface area contributed by atoms with E-state index in [1.807, 2.05) is 0 Å². The largest absolute Gasteiger partial charge is 0.326 e. The van der Waals surface area contributed by atoms with Crippen LogP contribution in [0.4, 0.5) is 5.69 Å². The number of nitrogens with one attached hydrogen (secondary N) is 1. The molecule has 0 spiro atoms. The summed E-state index contributed by atoms with van der Waals surface area (Å²) in [6.07, 6.45) is 2.84. The van der Waals surface area contributed by atoms with Gasteiger partial charge in [-0.25, -0.2) is 0 Å². The molecule has 2 unspecified atom stereocenters. The van der Waals surface area contributed by atoms with Crippen LogP contribution in [0.15, 0.2) is 78.9 Å². The molecular weight excluding hydrogens is 392 g/mol. The molecule has 2 heterocycles. The van der Waals surface area contributed by atoms with Gasteiger partial charge in [0, 0.05) is 18.2 Å². The average molecular weight is 425 g/mol. The van der Waals surface area contributed by atoms with E-state index < -0.39 is 0 Å². The van der Waals surface area contributed by atoms with Crippen molar-refractivity contribution in [2.24, 2.45) is 5.92 Å². The Morgan fingerprint density at radius 3 is 2.31 bits per heavy atom. The van der Waals surface area contributed by atoms with Crippen LogP contribution in [0.1, 0.15) is 53.9 Å². The van der Waals surface area contributed by atoms with Crippen molar-refractivity contribution in [3.8, 4) is 0 Å². The maximum atomic E-state index is 11.7. The van der Waals surface area contributed by atoms with E-state index in [0.29, 0.717) is 24.2 Å². The first-order valence-corrected chi connectivity index (χ1v) is 11.9. The number of anilines is 1. The number of hydrogen-bond acceptors (Lipinski definition) is 2. The van der Waals surface area contributed by atoms with Crippen LogP contribution in [0.5, 0.6) is 0 Å². The summed E-state index contributed by atoms with van der Waals surface area (Å²) in [5, 5.41) is 2.95. The summed E-state index contributed by atoms with van der Waals surface area (Å²) >= 11 is 0. The van der Waals surface area contributed by atoms with Crippen molar-refractivity contribution in [2.75, 3.05) is 25.0 Å². The molecule has 3 nitrogen and oxygen atoms in total. The summed E-state index contributed by atoms with van der Waals surface area (Å²) in [7, 11) is 0. The highest BCUT2D eigenvalue weighted by Gasteiger charge is 2.29. The van der Waals surface area contributed by atoms with Crippen molar-refractivity contribution >= 4 is 11.6 Å². The van der Waals surface area contributed by atoms with Gasteiger partial charge in [0.2, 0.25) is 5.91 Å². The third-order valence-electron chi connectivity index (χ3n) is 7.31. The SMILES string of the molecule is CC1CN(CCC(c2ccccc2)c2ccccc2)CCC1c1ccc2c(c1)CC(=O)N2. The number of benzene rings is 3. The quantitative estimate of drug-likeness (QED) is 0.540. The molecule has 1 saturated heterocycles. The van der Waals surface area contributed by atoms with Crippen LogP contribution in [0, 0.1) is 5.92 Å². The van der Waals surface area contributed by atoms with Gasteiger partial charge in [0.1, 0.15) is 0 Å². The van der Waals surface area contributed by atoms with Crippen molar-refractivity contribution in [2.45, 2.75) is 38.0 Å². The van der Waals surface area contributed by atoms with E-state index in [2.05, 4.69) is 96.0 Å². The van der Waals surface area contributed by atoms with Gasteiger partial charge in [-0.2, -0.15) is 0 Å². The van der Waals surface area contributed by atoms with Gasteiger partial charge < -0.3 is 10.2 Å². The molecule has 0 aliphatic carbocycles. The molecule has 2 aliphatic heterocycles. The number of amides is 1. The molecule has 0 saturated carbocycles. The number of carbonyl (C=O) groups excluding carboxylic acids is 1. The third kappa shape index (κ3) is 4.49. The predicted molar refractivity (Wildman–Crippen MR) is 131 cm³/mol. The molecule has 2 aliphatic rings. The van der Waals surface area contributed by atoms with E-state index in [-0.39, 0.29) is 5.91 Å². The Hall–Kier alpha value is -2.91. The van der Waals surface area contributed by atoms with Crippen molar-refractivity contribution in [1.82, 2.24) is 4.90 Å². The standard InChI is InChI=1S/C29H32N2O/c1-21-20-31(16-14-26(21)24-12-13-28-25(18-24)19-29(32)30-28)17-15-27(22-8-4-2-5-9-22)23-10-6-3-7-11-23/h2-13,18,21,26-27H,14-17,19-20H2,1H3,(H,30,32). The van der Waals surface area contributed by atoms with Gasteiger partial charge in [-0.15, -0.1) is 0 Å². The Balaban J connectivity index is 1.24. The lowest BCUT2D eigenvalue weighted by atomic mass is 9.80. The lowest BCUT2D eigenvalue weighted by Crippen LogP contribution is -2.39. The molecule has 3 aromatic rings. The minimum Gasteiger partial charge on any atom is -0.326 e. The minimum absolute atomic E-state index is 0.117. The number of hydrogen-bond donors (Lipinski definition) is 1. The van der Waals surface area contributed by atoms with E-state index >= 15 is 0 Å². The molecule has 2 atom stereocenters. The summed E-state index contributed by atoms with van der Waals surface area (Å²) in [6.45, 7) is 5.78. The van der Waals surface area contributed by atoms with Crippen LogP contribution in [0.3, 0.4) is 0 Å². The fourth-order valence-electron chi connectivity index (χ4n) is 5.62. The van der Waals surface area contributed by atoms with Crippen LogP contribution >= 0.6 is 0 Å². The molecule has 0 aromatic heterocycles. The first-order chi connectivity index (χ1) is 15.7. The zero-order chi connectivity index (χ0) is 21.9. The first kappa shape index (κ1) is 21.0. The number of rotatable bonds is 6. The van der Waals surface area contributed by atoms with Crippen molar-refractivity contribution < 1.29 is 4.79 Å². The topological polar surface area (TPSA) is 32.3 Å². The minimum atomic E-state index is 0.117. The Labute approximate surface area is 191 Å². The summed E-state index contributed by atoms with van der Waals surface area (Å²) < 4.78 is 0. The molecule has 1 amide bonds. The van der Waals surface area contributed by atoms with Gasteiger partial charge in [0.15, 0.2) is 0 Å². The third-order valence-corrected chi connectivity index (χ3v) is 7.31. The second kappa shape index (κ2) is 9.30. The molecule has 0 bridgehead atoms. The number of likely N-dealkylation sites (tertiary alicyclic amines) is 1. The molecule has 164 valence electrons. The molecule has 1 N–H and O–H groups in total. The maximum absolute atomic E-state index is 11.7. The number of piperidine rings is 1. The van der Waals surface area contributed by atoms with Crippen LogP contribution in [0.25, 0.3) is 0 Å². The molecule has 0 radical (unpaired) electrons. The normalized spacial score (nSPS) is 20.9. The van der Waals surface area contributed by atoms with Crippen LogP contribution in [0.2, 0.25) is 0 Å². The molecule has 5 rings (SSSR count). The molecule has 32 heavy (non-hydrogen) atoms. The highest BCUT2D eigenvalue weighted by atomic mass is 16.1. The van der Waals surface area contributed by atoms with Crippen molar-refractivity contribution in [3.63, 3.8) is 0 Å². The molecule has 1 fully saturated rings. The van der Waals surface area contributed by atoms with E-state index in [1.54, 1.807) is 0 Å². The zero-order valence-electron chi connectivity index (χ0n) is 18.8. The fourth-order valence-corrected chi connectivity index (χ4v) is 5.62. The Morgan fingerprint density at radius 2 is 1.66 bits per heavy atom. The Morgan fingerprint density at radius 1 is 0.969 bits per heavy atom. The Kier molecular flexibility index (Phi) is 6.09. The number of carbonyl (C=O) groups is 1. The summed E-state index contributed by atoms with van der Waals surface area (Å²) in [5.41, 5.74) is 6.37. The van der Waals surface area contributed by atoms with E-state index in [1.165, 1.54) is 23.1 Å². The number of fused-ring (bicyclic) bond motifs is 1. The lowest BCUT2D eigenvalue weighted by molar-refractivity contribution is -0.115. The fraction of sp³-hybridized carbons (Fsp3) is 0.345. The summed E-state index contributed by atoms with van der Waals surface area (Å²) in [6, 6.07) is 28.5. The molecular formula is C29H32N2O. The summed E-state index contributed by atoms with van der Waals surface area (Å²) in [4.78, 5) is 14.4. The number of nitrogens with zero attached hydrogens (tertiary/aromatic N) is 1. The van der Waals surface area contributed by atoms with E-state index in [9.17, 15) is 4.79 Å². The highest BCUT2D eigenvalue weighted by Crippen LogP contribution is 2.36. The van der Waals surface area contributed by atoms with Gasteiger partial charge in [0.25, 0.3) is 0 Å². The monoisotopic (exact) mass is 424 g/mol. The van der Waals surface area contributed by atoms with Gasteiger partial charge in [-0.1, -0.05) is 79.7 Å². The average Bonchev–Trinajstić information content (AvgIpc) is 3.20. The van der Waals surface area contributed by atoms with E-state index in [4.69, 9.17) is 0 Å². The maximum Gasteiger partial charge on any atom is 0.228 e. The van der Waals surface area contributed by atoms with Crippen LogP contribution < -0.4 is 5.32 Å². The second-order valence-electron chi connectivity index (χ2n) is 9.48. The second-order valence-corrected chi connectivity index (χ2v) is 9.48. The lowest BCUT2D eigenvalue weighted by Gasteiger charge is -2.38. The smallest absolute Gasteiger partial charge is 0.228 e. The Bertz CT molecular complexity index is 1020. The predicted octanol–water partition coefficient (Wildman–Crippen LogP) is 5.83. The van der Waals surface area contributed by atoms with Gasteiger partial charge in [-0.3, -0.25) is 4.79 Å².